The van der Waals surface area contributed by atoms with Crippen molar-refractivity contribution < 1.29 is 99.5 Å². The van der Waals surface area contributed by atoms with Gasteiger partial charge < -0.3 is 4.55 Å². The molecule has 0 N–H and O–H groups in total. The minimum absolute atomic E-state index is 0. The van der Waals surface area contributed by atoms with Gasteiger partial charge in [-0.1, -0.05) is 0 Å². The fraction of sp³-hybridized carbons (Fsp3) is 1.00. The summed E-state index contributed by atoms with van der Waals surface area (Å²) >= 11 is 0. The van der Waals surface area contributed by atoms with Gasteiger partial charge in [0.2, 0.25) is 0 Å². The summed E-state index contributed by atoms with van der Waals surface area (Å²) in [6.07, 6.45) is -24.6. The molecule has 0 amide bonds. The number of halogens is 8. The second kappa shape index (κ2) is 10.8. The monoisotopic (exact) mass is 390 g/mol. The number of alkyl halides is 8. The number of hydrogen-bond acceptors (Lipinski definition) is 3. The topological polar surface area (TPSA) is 57.2 Å². The molecule has 7 unspecified atom stereocenters. The van der Waals surface area contributed by atoms with Gasteiger partial charge in [0.1, 0.15) is 12.8 Å². The summed E-state index contributed by atoms with van der Waals surface area (Å²) in [5, 5.41) is 0. The maximum atomic E-state index is 13.1. The van der Waals surface area contributed by atoms with Gasteiger partial charge in [-0.3, -0.25) is 0 Å². The predicted molar refractivity (Wildman–Crippen MR) is 54.8 cm³/mol. The van der Waals surface area contributed by atoms with Crippen molar-refractivity contribution in [2.75, 3.05) is 12.4 Å². The van der Waals surface area contributed by atoms with E-state index in [1.165, 1.54) is 0 Å². The van der Waals surface area contributed by atoms with Crippen molar-refractivity contribution in [2.45, 2.75) is 43.2 Å². The predicted octanol–water partition coefficient (Wildman–Crippen LogP) is -1.13. The molecule has 0 aliphatic rings. The Morgan fingerprint density at radius 2 is 1.05 bits per heavy atom. The van der Waals surface area contributed by atoms with E-state index < -0.39 is 65.7 Å². The zero-order valence-corrected chi connectivity index (χ0v) is 15.1. The van der Waals surface area contributed by atoms with Crippen LogP contribution in [0.15, 0.2) is 0 Å². The van der Waals surface area contributed by atoms with Crippen LogP contribution in [0.2, 0.25) is 0 Å². The van der Waals surface area contributed by atoms with Crippen LogP contribution >= 0.6 is 0 Å². The van der Waals surface area contributed by atoms with E-state index in [0.717, 1.165) is 0 Å². The molecule has 0 saturated heterocycles. The average Bonchev–Trinajstić information content (AvgIpc) is 2.40. The molecule has 0 aliphatic heterocycles. The maximum absolute atomic E-state index is 13.1. The maximum Gasteiger partial charge on any atom is 1.00 e. The summed E-state index contributed by atoms with van der Waals surface area (Å²) in [4.78, 5) is 0. The van der Waals surface area contributed by atoms with Crippen LogP contribution in [0.25, 0.3) is 0 Å². The van der Waals surface area contributed by atoms with E-state index in [0.29, 0.717) is 0 Å². The summed E-state index contributed by atoms with van der Waals surface area (Å²) in [6.45, 7) is -2.05. The van der Waals surface area contributed by atoms with E-state index in [1.807, 2.05) is 0 Å². The zero-order chi connectivity index (χ0) is 17.0. The molecular formula is C9H11F8KO3S. The Bertz CT molecular complexity index is 414. The van der Waals surface area contributed by atoms with Gasteiger partial charge in [0, 0.05) is 0 Å². The molecule has 0 fully saturated rings. The Labute approximate surface area is 164 Å². The molecule has 0 aromatic rings. The fourth-order valence-corrected chi connectivity index (χ4v) is 1.87. The summed E-state index contributed by atoms with van der Waals surface area (Å²) in [5.74, 6) is -2.05. The summed E-state index contributed by atoms with van der Waals surface area (Å²) in [5.41, 5.74) is 0. The smallest absolute Gasteiger partial charge is 0.748 e. The molecule has 7 atom stereocenters. The normalized spacial score (nSPS) is 21.9. The Balaban J connectivity index is 0. The summed E-state index contributed by atoms with van der Waals surface area (Å²) in [7, 11) is -5.31. The molecule has 3 nitrogen and oxygen atoms in total. The third-order valence-electron chi connectivity index (χ3n) is 2.42. The van der Waals surface area contributed by atoms with Crippen LogP contribution in [0.3, 0.4) is 0 Å². The molecule has 0 heterocycles. The molecule has 0 aliphatic carbocycles. The minimum Gasteiger partial charge on any atom is -0.748 e. The first kappa shape index (κ1) is 25.2. The number of hydrogen-bond donors (Lipinski definition) is 0. The standard InChI is InChI=1S/C9H12F8O3S.K/c10-1-3(11)5(13)7(15)9(17)8(16)6(14)4(12)2-21(18,19)20;/h3-9H,1-2H2,(H,18,19,20);/q;+1/p-1. The van der Waals surface area contributed by atoms with Crippen LogP contribution in [0, 0.1) is 0 Å². The van der Waals surface area contributed by atoms with E-state index in [9.17, 15) is 48.1 Å². The molecule has 22 heavy (non-hydrogen) atoms. The minimum atomic E-state index is -5.31. The van der Waals surface area contributed by atoms with Crippen LogP contribution < -0.4 is 51.4 Å². The molecular weight excluding hydrogens is 379 g/mol. The Hall–Kier alpha value is 0.986. The average molecular weight is 390 g/mol. The van der Waals surface area contributed by atoms with Gasteiger partial charge in [-0.05, 0) is 0 Å². The number of rotatable bonds is 9. The van der Waals surface area contributed by atoms with Gasteiger partial charge >= 0.3 is 51.4 Å². The van der Waals surface area contributed by atoms with Gasteiger partial charge in [-0.25, -0.2) is 43.5 Å². The van der Waals surface area contributed by atoms with E-state index in [-0.39, 0.29) is 51.4 Å². The summed E-state index contributed by atoms with van der Waals surface area (Å²) < 4.78 is 132. The first-order valence-corrected chi connectivity index (χ1v) is 6.98. The van der Waals surface area contributed by atoms with E-state index >= 15 is 0 Å². The molecule has 13 heteroatoms. The van der Waals surface area contributed by atoms with Crippen LogP contribution in [0.1, 0.15) is 0 Å². The van der Waals surface area contributed by atoms with Crippen molar-refractivity contribution in [3.8, 4) is 0 Å². The van der Waals surface area contributed by atoms with Crippen molar-refractivity contribution in [1.82, 2.24) is 0 Å². The van der Waals surface area contributed by atoms with E-state index in [4.69, 9.17) is 0 Å². The molecule has 0 aromatic heterocycles. The van der Waals surface area contributed by atoms with Crippen molar-refractivity contribution in [1.29, 1.82) is 0 Å². The Kier molecular flexibility index (Phi) is 12.3. The first-order chi connectivity index (χ1) is 9.42. The van der Waals surface area contributed by atoms with Crippen LogP contribution in [0.5, 0.6) is 0 Å². The van der Waals surface area contributed by atoms with Crippen LogP contribution in [-0.2, 0) is 10.1 Å². The van der Waals surface area contributed by atoms with E-state index in [1.54, 1.807) is 0 Å². The first-order valence-electron chi connectivity index (χ1n) is 5.40. The molecule has 128 valence electrons. The SMILES string of the molecule is O=S(=O)([O-])CC(F)C(F)C(F)C(F)C(F)C(F)C(F)CF.[K+]. The van der Waals surface area contributed by atoms with Crippen molar-refractivity contribution in [3.63, 3.8) is 0 Å². The Morgan fingerprint density at radius 3 is 1.36 bits per heavy atom. The third-order valence-corrected chi connectivity index (χ3v) is 3.15. The fourth-order valence-electron chi connectivity index (χ4n) is 1.30. The Morgan fingerprint density at radius 1 is 0.727 bits per heavy atom. The second-order valence-electron chi connectivity index (χ2n) is 4.13. The summed E-state index contributed by atoms with van der Waals surface area (Å²) in [6, 6.07) is 0. The molecule has 0 spiro atoms. The van der Waals surface area contributed by atoms with Crippen molar-refractivity contribution in [2.24, 2.45) is 0 Å². The van der Waals surface area contributed by atoms with Gasteiger partial charge in [-0.2, -0.15) is 0 Å². The van der Waals surface area contributed by atoms with Gasteiger partial charge in [0.25, 0.3) is 0 Å². The van der Waals surface area contributed by atoms with E-state index in [2.05, 4.69) is 0 Å². The second-order valence-corrected chi connectivity index (χ2v) is 5.58. The van der Waals surface area contributed by atoms with Gasteiger partial charge in [-0.15, -0.1) is 0 Å². The molecule has 0 rings (SSSR count). The van der Waals surface area contributed by atoms with Crippen LogP contribution in [-0.4, -0.2) is 68.6 Å². The van der Waals surface area contributed by atoms with Crippen LogP contribution in [0.4, 0.5) is 35.1 Å². The molecule has 0 bridgehead atoms. The quantitative estimate of drug-likeness (QED) is 0.285. The van der Waals surface area contributed by atoms with Crippen molar-refractivity contribution >= 4 is 10.1 Å². The molecule has 0 aromatic carbocycles. The largest absolute Gasteiger partial charge is 1.00 e. The zero-order valence-electron chi connectivity index (χ0n) is 11.1. The third kappa shape index (κ3) is 8.19. The van der Waals surface area contributed by atoms with Crippen molar-refractivity contribution in [3.05, 3.63) is 0 Å². The molecule has 0 saturated carbocycles. The van der Waals surface area contributed by atoms with Gasteiger partial charge in [0.05, 0.1) is 15.9 Å². The van der Waals surface area contributed by atoms with Gasteiger partial charge in [0.15, 0.2) is 37.0 Å². The molecule has 0 radical (unpaired) electrons.